The lowest BCUT2D eigenvalue weighted by Crippen LogP contribution is -2.22. The summed E-state index contributed by atoms with van der Waals surface area (Å²) in [6.07, 6.45) is 0.764. The number of anilines is 1. The second kappa shape index (κ2) is 9.10. The van der Waals surface area contributed by atoms with E-state index in [0.717, 1.165) is 22.8 Å². The largest absolute Gasteiger partial charge is 0.497 e. The third kappa shape index (κ3) is 5.25. The van der Waals surface area contributed by atoms with Gasteiger partial charge in [-0.25, -0.2) is 0 Å². The van der Waals surface area contributed by atoms with Gasteiger partial charge in [-0.3, -0.25) is 9.59 Å². The summed E-state index contributed by atoms with van der Waals surface area (Å²) in [5.41, 5.74) is 2.08. The Morgan fingerprint density at radius 1 is 1.03 bits per heavy atom. The van der Waals surface area contributed by atoms with E-state index in [-0.39, 0.29) is 18.2 Å². The number of aryl methyl sites for hydroxylation is 1. The van der Waals surface area contributed by atoms with Gasteiger partial charge in [-0.2, -0.15) is 0 Å². The first kappa shape index (κ1) is 20.2. The summed E-state index contributed by atoms with van der Waals surface area (Å²) in [4.78, 5) is 25.8. The number of nitrogens with one attached hydrogen (secondary N) is 1. The molecule has 0 radical (unpaired) electrons. The van der Waals surface area contributed by atoms with Gasteiger partial charge in [0.25, 0.3) is 5.91 Å². The van der Waals surface area contributed by atoms with Crippen molar-refractivity contribution >= 4 is 17.5 Å². The minimum absolute atomic E-state index is 0.109. The number of methoxy groups -OCH3 is 1. The number of amides is 2. The number of carbonyl (C=O) groups is 2. The molecule has 0 aliphatic carbocycles. The minimum atomic E-state index is -0.137. The molecule has 29 heavy (non-hydrogen) atoms. The van der Waals surface area contributed by atoms with E-state index < -0.39 is 0 Å². The van der Waals surface area contributed by atoms with Crippen molar-refractivity contribution in [1.29, 1.82) is 0 Å². The standard InChI is InChI=1S/C23H24N2O4/c1-25(2)23(27)17-5-4-6-18(15-17)24-22(26)14-12-20-11-13-21(29-20)16-7-9-19(28-3)10-8-16/h4-11,13,15H,12,14H2,1-3H3,(H,24,26). The number of rotatable bonds is 7. The van der Waals surface area contributed by atoms with Crippen LogP contribution in [0.2, 0.25) is 0 Å². The predicted octanol–water partition coefficient (Wildman–Crippen LogP) is 4.23. The number of nitrogens with zero attached hydrogens (tertiary/aromatic N) is 1. The molecular formula is C23H24N2O4. The monoisotopic (exact) mass is 392 g/mol. The highest BCUT2D eigenvalue weighted by Gasteiger charge is 2.11. The van der Waals surface area contributed by atoms with Crippen molar-refractivity contribution in [2.24, 2.45) is 0 Å². The number of furan rings is 1. The summed E-state index contributed by atoms with van der Waals surface area (Å²) in [6, 6.07) is 18.3. The average molecular weight is 392 g/mol. The molecule has 1 N–H and O–H groups in total. The van der Waals surface area contributed by atoms with E-state index in [1.807, 2.05) is 36.4 Å². The van der Waals surface area contributed by atoms with E-state index in [1.165, 1.54) is 4.90 Å². The smallest absolute Gasteiger partial charge is 0.253 e. The Morgan fingerprint density at radius 2 is 1.79 bits per heavy atom. The number of benzene rings is 2. The van der Waals surface area contributed by atoms with Gasteiger partial charge in [-0.05, 0) is 54.6 Å². The van der Waals surface area contributed by atoms with Crippen molar-refractivity contribution in [3.63, 3.8) is 0 Å². The van der Waals surface area contributed by atoms with Crippen LogP contribution >= 0.6 is 0 Å². The van der Waals surface area contributed by atoms with Gasteiger partial charge in [0, 0.05) is 43.8 Å². The lowest BCUT2D eigenvalue weighted by atomic mass is 10.1. The summed E-state index contributed by atoms with van der Waals surface area (Å²) >= 11 is 0. The SMILES string of the molecule is COc1ccc(-c2ccc(CCC(=O)Nc3cccc(C(=O)N(C)C)c3)o2)cc1. The summed E-state index contributed by atoms with van der Waals surface area (Å²) in [6.45, 7) is 0. The quantitative estimate of drug-likeness (QED) is 0.653. The Kier molecular flexibility index (Phi) is 6.34. The van der Waals surface area contributed by atoms with Gasteiger partial charge >= 0.3 is 0 Å². The highest BCUT2D eigenvalue weighted by molar-refractivity contribution is 5.97. The van der Waals surface area contributed by atoms with Gasteiger partial charge in [-0.15, -0.1) is 0 Å². The summed E-state index contributed by atoms with van der Waals surface area (Å²) in [5, 5.41) is 2.83. The molecule has 1 heterocycles. The summed E-state index contributed by atoms with van der Waals surface area (Å²) in [5.74, 6) is 2.03. The Labute approximate surface area is 170 Å². The zero-order valence-electron chi connectivity index (χ0n) is 16.8. The van der Waals surface area contributed by atoms with E-state index in [0.29, 0.717) is 17.7 Å². The zero-order valence-corrected chi connectivity index (χ0v) is 16.8. The molecule has 1 aromatic heterocycles. The average Bonchev–Trinajstić information content (AvgIpc) is 3.21. The van der Waals surface area contributed by atoms with Crippen molar-refractivity contribution < 1.29 is 18.7 Å². The van der Waals surface area contributed by atoms with Crippen LogP contribution in [0.1, 0.15) is 22.5 Å². The second-order valence-corrected chi connectivity index (χ2v) is 6.82. The number of hydrogen-bond donors (Lipinski definition) is 1. The van der Waals surface area contributed by atoms with Crippen LogP contribution in [0.3, 0.4) is 0 Å². The van der Waals surface area contributed by atoms with Crippen LogP contribution < -0.4 is 10.1 Å². The summed E-state index contributed by atoms with van der Waals surface area (Å²) in [7, 11) is 5.01. The van der Waals surface area contributed by atoms with Gasteiger partial charge in [0.15, 0.2) is 0 Å². The van der Waals surface area contributed by atoms with Crippen molar-refractivity contribution in [2.75, 3.05) is 26.5 Å². The second-order valence-electron chi connectivity index (χ2n) is 6.82. The highest BCUT2D eigenvalue weighted by Crippen LogP contribution is 2.25. The number of hydrogen-bond acceptors (Lipinski definition) is 4. The topological polar surface area (TPSA) is 71.8 Å². The van der Waals surface area contributed by atoms with Gasteiger partial charge in [0.05, 0.1) is 7.11 Å². The van der Waals surface area contributed by atoms with Crippen LogP contribution in [0.15, 0.2) is 65.1 Å². The molecule has 6 nitrogen and oxygen atoms in total. The predicted molar refractivity (Wildman–Crippen MR) is 112 cm³/mol. The molecule has 0 aliphatic rings. The fourth-order valence-corrected chi connectivity index (χ4v) is 2.87. The summed E-state index contributed by atoms with van der Waals surface area (Å²) < 4.78 is 11.0. The fourth-order valence-electron chi connectivity index (χ4n) is 2.87. The van der Waals surface area contributed by atoms with Crippen LogP contribution in [0.5, 0.6) is 5.75 Å². The van der Waals surface area contributed by atoms with E-state index in [9.17, 15) is 9.59 Å². The molecule has 0 saturated carbocycles. The first-order chi connectivity index (χ1) is 14.0. The van der Waals surface area contributed by atoms with Gasteiger partial charge in [-0.1, -0.05) is 6.07 Å². The normalized spacial score (nSPS) is 10.4. The van der Waals surface area contributed by atoms with E-state index in [4.69, 9.17) is 9.15 Å². The van der Waals surface area contributed by atoms with Crippen molar-refractivity contribution in [1.82, 2.24) is 4.90 Å². The highest BCUT2D eigenvalue weighted by atomic mass is 16.5. The molecular weight excluding hydrogens is 368 g/mol. The van der Waals surface area contributed by atoms with Gasteiger partial charge < -0.3 is 19.4 Å². The maximum Gasteiger partial charge on any atom is 0.253 e. The van der Waals surface area contributed by atoms with E-state index in [1.54, 1.807) is 45.5 Å². The van der Waals surface area contributed by atoms with Crippen molar-refractivity contribution in [3.05, 3.63) is 72.0 Å². The first-order valence-corrected chi connectivity index (χ1v) is 9.31. The third-order valence-electron chi connectivity index (χ3n) is 4.43. The van der Waals surface area contributed by atoms with E-state index in [2.05, 4.69) is 5.32 Å². The molecule has 150 valence electrons. The minimum Gasteiger partial charge on any atom is -0.497 e. The molecule has 3 aromatic rings. The van der Waals surface area contributed by atoms with Crippen LogP contribution in [0.4, 0.5) is 5.69 Å². The Balaban J connectivity index is 1.57. The molecule has 0 aliphatic heterocycles. The molecule has 0 bridgehead atoms. The van der Waals surface area contributed by atoms with Gasteiger partial charge in [0.1, 0.15) is 17.3 Å². The third-order valence-corrected chi connectivity index (χ3v) is 4.43. The first-order valence-electron chi connectivity index (χ1n) is 9.31. The fraction of sp³-hybridized carbons (Fsp3) is 0.217. The Morgan fingerprint density at radius 3 is 2.48 bits per heavy atom. The molecule has 0 atom stereocenters. The van der Waals surface area contributed by atoms with Gasteiger partial charge in [0.2, 0.25) is 5.91 Å². The molecule has 2 amide bonds. The lowest BCUT2D eigenvalue weighted by molar-refractivity contribution is -0.116. The van der Waals surface area contributed by atoms with Crippen LogP contribution in [0.25, 0.3) is 11.3 Å². The molecule has 3 rings (SSSR count). The van der Waals surface area contributed by atoms with Crippen molar-refractivity contribution in [2.45, 2.75) is 12.8 Å². The maximum atomic E-state index is 12.3. The molecule has 2 aromatic carbocycles. The molecule has 0 saturated heterocycles. The Hall–Kier alpha value is -3.54. The number of ether oxygens (including phenoxy) is 1. The lowest BCUT2D eigenvalue weighted by Gasteiger charge is -2.11. The van der Waals surface area contributed by atoms with Crippen LogP contribution in [-0.2, 0) is 11.2 Å². The molecule has 0 unspecified atom stereocenters. The van der Waals surface area contributed by atoms with E-state index >= 15 is 0 Å². The molecule has 0 fully saturated rings. The zero-order chi connectivity index (χ0) is 20.8. The maximum absolute atomic E-state index is 12.3. The Bertz CT molecular complexity index is 990. The van der Waals surface area contributed by atoms with Crippen LogP contribution in [0, 0.1) is 0 Å². The van der Waals surface area contributed by atoms with Crippen molar-refractivity contribution in [3.8, 4) is 17.1 Å². The molecule has 6 heteroatoms. The van der Waals surface area contributed by atoms with Crippen LogP contribution in [-0.4, -0.2) is 37.9 Å². The number of carbonyl (C=O) groups excluding carboxylic acids is 2. The molecule has 0 spiro atoms.